The lowest BCUT2D eigenvalue weighted by molar-refractivity contribution is -0.384. The second kappa shape index (κ2) is 12.0. The van der Waals surface area contributed by atoms with Crippen molar-refractivity contribution in [1.82, 2.24) is 4.72 Å². The van der Waals surface area contributed by atoms with Crippen LogP contribution < -0.4 is 10.0 Å². The van der Waals surface area contributed by atoms with Crippen LogP contribution >= 0.6 is 0 Å². The van der Waals surface area contributed by atoms with E-state index in [1.165, 1.54) is 36.4 Å². The van der Waals surface area contributed by atoms with Crippen LogP contribution in [-0.2, 0) is 10.0 Å². The summed E-state index contributed by atoms with van der Waals surface area (Å²) in [6.45, 7) is 0. The molecule has 10 heteroatoms. The molecular formula is C32H24FN3O5S. The highest BCUT2D eigenvalue weighted by Gasteiger charge is 2.25. The summed E-state index contributed by atoms with van der Waals surface area (Å²) >= 11 is 0. The van der Waals surface area contributed by atoms with Gasteiger partial charge in [-0.3, -0.25) is 14.9 Å². The average molecular weight is 582 g/mol. The van der Waals surface area contributed by atoms with Crippen LogP contribution in [0.4, 0.5) is 15.8 Å². The van der Waals surface area contributed by atoms with Gasteiger partial charge < -0.3 is 5.32 Å². The Morgan fingerprint density at radius 1 is 0.738 bits per heavy atom. The summed E-state index contributed by atoms with van der Waals surface area (Å²) in [6.07, 6.45) is 0. The lowest BCUT2D eigenvalue weighted by atomic mass is 9.98. The van der Waals surface area contributed by atoms with E-state index in [2.05, 4.69) is 5.32 Å². The Hall–Kier alpha value is -5.35. The molecule has 0 spiro atoms. The smallest absolute Gasteiger partial charge is 0.293 e. The number of hydrogen-bond acceptors (Lipinski definition) is 6. The molecule has 0 aliphatic carbocycles. The highest BCUT2D eigenvalue weighted by atomic mass is 32.2. The fourth-order valence-electron chi connectivity index (χ4n) is 4.45. The summed E-state index contributed by atoms with van der Waals surface area (Å²) in [6, 6.07) is 33.6. The van der Waals surface area contributed by atoms with Gasteiger partial charge in [0.25, 0.3) is 21.6 Å². The van der Waals surface area contributed by atoms with Gasteiger partial charge in [-0.1, -0.05) is 84.9 Å². The lowest BCUT2D eigenvalue weighted by Gasteiger charge is -2.21. The summed E-state index contributed by atoms with van der Waals surface area (Å²) in [7, 11) is -4.45. The Kier molecular flexibility index (Phi) is 8.07. The standard InChI is InChI=1S/C32H24FN3O5S/c33-27-17-15-23(16-18-27)22-11-13-26(14-12-22)32(37)35-42(40,41)28-19-20-29(30(21-28)36(38)39)34-31(24-7-3-1-4-8-24)25-9-5-2-6-10-25/h1-21,31,34H,(H,35,37). The van der Waals surface area contributed by atoms with Gasteiger partial charge in [0.05, 0.1) is 15.9 Å². The second-order valence-electron chi connectivity index (χ2n) is 9.35. The van der Waals surface area contributed by atoms with E-state index < -0.39 is 37.5 Å². The Morgan fingerprint density at radius 2 is 1.26 bits per heavy atom. The SMILES string of the molecule is O=C(NS(=O)(=O)c1ccc(NC(c2ccccc2)c2ccccc2)c([N+](=O)[O-])c1)c1ccc(-c2ccc(F)cc2)cc1. The molecule has 210 valence electrons. The summed E-state index contributed by atoms with van der Waals surface area (Å²) in [5.41, 5.74) is 2.84. The van der Waals surface area contributed by atoms with E-state index in [1.54, 1.807) is 24.3 Å². The summed E-state index contributed by atoms with van der Waals surface area (Å²) in [5, 5.41) is 15.2. The first-order valence-electron chi connectivity index (χ1n) is 12.8. The van der Waals surface area contributed by atoms with Crippen LogP contribution in [0.5, 0.6) is 0 Å². The number of carbonyl (C=O) groups is 1. The molecule has 8 nitrogen and oxygen atoms in total. The largest absolute Gasteiger partial charge is 0.369 e. The topological polar surface area (TPSA) is 118 Å². The number of sulfonamides is 1. The maximum absolute atomic E-state index is 13.2. The van der Waals surface area contributed by atoms with Gasteiger partial charge in [0.2, 0.25) is 0 Å². The molecule has 0 unspecified atom stereocenters. The number of rotatable bonds is 9. The molecule has 0 fully saturated rings. The highest BCUT2D eigenvalue weighted by molar-refractivity contribution is 7.90. The fourth-order valence-corrected chi connectivity index (χ4v) is 5.45. The van der Waals surface area contributed by atoms with Crippen molar-refractivity contribution in [2.75, 3.05) is 5.32 Å². The lowest BCUT2D eigenvalue weighted by Crippen LogP contribution is -2.30. The van der Waals surface area contributed by atoms with E-state index in [1.807, 2.05) is 65.4 Å². The zero-order valence-corrected chi connectivity index (χ0v) is 22.8. The number of nitro groups is 1. The first-order chi connectivity index (χ1) is 20.2. The van der Waals surface area contributed by atoms with Crippen molar-refractivity contribution >= 4 is 27.3 Å². The van der Waals surface area contributed by atoms with E-state index in [9.17, 15) is 27.7 Å². The number of amides is 1. The minimum atomic E-state index is -4.45. The van der Waals surface area contributed by atoms with Crippen LogP contribution in [-0.4, -0.2) is 19.2 Å². The predicted molar refractivity (Wildman–Crippen MR) is 158 cm³/mol. The summed E-state index contributed by atoms with van der Waals surface area (Å²) in [4.78, 5) is 23.7. The Bertz CT molecular complexity index is 1790. The van der Waals surface area contributed by atoms with Gasteiger partial charge >= 0.3 is 0 Å². The van der Waals surface area contributed by atoms with Gasteiger partial charge in [-0.15, -0.1) is 0 Å². The van der Waals surface area contributed by atoms with Crippen LogP contribution in [0, 0.1) is 15.9 Å². The van der Waals surface area contributed by atoms with Gasteiger partial charge in [0.1, 0.15) is 11.5 Å². The van der Waals surface area contributed by atoms with Crippen LogP contribution in [0.15, 0.2) is 132 Å². The van der Waals surface area contributed by atoms with Crippen molar-refractivity contribution in [2.45, 2.75) is 10.9 Å². The third kappa shape index (κ3) is 6.34. The average Bonchev–Trinajstić information content (AvgIpc) is 3.01. The van der Waals surface area contributed by atoms with Crippen molar-refractivity contribution in [3.63, 3.8) is 0 Å². The quantitative estimate of drug-likeness (QED) is 0.147. The molecule has 0 heterocycles. The maximum Gasteiger partial charge on any atom is 0.293 e. The minimum absolute atomic E-state index is 0.0609. The number of anilines is 1. The normalized spacial score (nSPS) is 11.2. The van der Waals surface area contributed by atoms with Crippen molar-refractivity contribution in [2.24, 2.45) is 0 Å². The molecule has 42 heavy (non-hydrogen) atoms. The Balaban J connectivity index is 1.39. The molecule has 0 aliphatic rings. The maximum atomic E-state index is 13.2. The minimum Gasteiger partial charge on any atom is -0.369 e. The van der Waals surface area contributed by atoms with Crippen LogP contribution in [0.3, 0.4) is 0 Å². The van der Waals surface area contributed by atoms with Gasteiger partial charge in [0.15, 0.2) is 0 Å². The number of nitrogens with zero attached hydrogens (tertiary/aromatic N) is 1. The van der Waals surface area contributed by atoms with E-state index in [0.717, 1.165) is 22.8 Å². The molecule has 0 radical (unpaired) electrons. The fraction of sp³-hybridized carbons (Fsp3) is 0.0312. The van der Waals surface area contributed by atoms with Gasteiger partial charge in [0, 0.05) is 11.6 Å². The van der Waals surface area contributed by atoms with Crippen molar-refractivity contribution in [1.29, 1.82) is 0 Å². The molecule has 1 amide bonds. The third-order valence-electron chi connectivity index (χ3n) is 6.59. The molecular weight excluding hydrogens is 557 g/mol. The van der Waals surface area contributed by atoms with Crippen LogP contribution in [0.1, 0.15) is 27.5 Å². The molecule has 0 aliphatic heterocycles. The molecule has 0 saturated heterocycles. The molecule has 0 saturated carbocycles. The Morgan fingerprint density at radius 3 is 1.79 bits per heavy atom. The summed E-state index contributed by atoms with van der Waals surface area (Å²) in [5.74, 6) is -1.28. The monoisotopic (exact) mass is 581 g/mol. The number of halogens is 1. The predicted octanol–water partition coefficient (Wildman–Crippen LogP) is 6.72. The first kappa shape index (κ1) is 28.2. The van der Waals surface area contributed by atoms with Gasteiger partial charge in [-0.05, 0) is 58.7 Å². The highest BCUT2D eigenvalue weighted by Crippen LogP contribution is 2.33. The molecule has 0 atom stereocenters. The molecule has 0 bridgehead atoms. The number of benzene rings is 5. The molecule has 5 aromatic carbocycles. The van der Waals surface area contributed by atoms with Crippen molar-refractivity contribution in [3.8, 4) is 11.1 Å². The van der Waals surface area contributed by atoms with E-state index >= 15 is 0 Å². The van der Waals surface area contributed by atoms with Gasteiger partial charge in [-0.2, -0.15) is 0 Å². The zero-order chi connectivity index (χ0) is 29.7. The molecule has 5 rings (SSSR count). The first-order valence-corrected chi connectivity index (χ1v) is 14.3. The number of nitrogens with one attached hydrogen (secondary N) is 2. The van der Waals surface area contributed by atoms with Crippen LogP contribution in [0.25, 0.3) is 11.1 Å². The summed E-state index contributed by atoms with van der Waals surface area (Å²) < 4.78 is 41.3. The number of hydrogen-bond donors (Lipinski definition) is 2. The van der Waals surface area contributed by atoms with Crippen LogP contribution in [0.2, 0.25) is 0 Å². The van der Waals surface area contributed by atoms with E-state index in [4.69, 9.17) is 0 Å². The van der Waals surface area contributed by atoms with Gasteiger partial charge in [-0.25, -0.2) is 17.5 Å². The van der Waals surface area contributed by atoms with Crippen molar-refractivity contribution in [3.05, 3.63) is 160 Å². The number of nitro benzene ring substituents is 1. The van der Waals surface area contributed by atoms with E-state index in [0.29, 0.717) is 5.56 Å². The molecule has 0 aromatic heterocycles. The second-order valence-corrected chi connectivity index (χ2v) is 11.0. The molecule has 2 N–H and O–H groups in total. The number of carbonyl (C=O) groups excluding carboxylic acids is 1. The van der Waals surface area contributed by atoms with Crippen molar-refractivity contribution < 1.29 is 22.5 Å². The zero-order valence-electron chi connectivity index (χ0n) is 22.0. The molecule has 5 aromatic rings. The van der Waals surface area contributed by atoms with E-state index in [-0.39, 0.29) is 17.1 Å². The Labute approximate surface area is 241 Å². The third-order valence-corrected chi connectivity index (χ3v) is 7.92.